The molecule has 0 spiro atoms. The van der Waals surface area contributed by atoms with Crippen molar-refractivity contribution in [1.82, 2.24) is 4.98 Å². The number of aromatic nitrogens is 1. The molecule has 0 amide bonds. The fraction of sp³-hybridized carbons (Fsp3) is 0.444. The van der Waals surface area contributed by atoms with Gasteiger partial charge in [0.1, 0.15) is 5.03 Å². The fourth-order valence-corrected chi connectivity index (χ4v) is 1.94. The molecule has 0 saturated carbocycles. The van der Waals surface area contributed by atoms with E-state index in [4.69, 9.17) is 16.7 Å². The van der Waals surface area contributed by atoms with Crippen LogP contribution in [0.25, 0.3) is 0 Å². The van der Waals surface area contributed by atoms with Crippen molar-refractivity contribution in [1.29, 1.82) is 0 Å². The molecule has 1 N–H and O–H groups in total. The molecular weight excluding hydrogens is 263 g/mol. The minimum absolute atomic E-state index is 0.0554. The molecule has 0 bridgehead atoms. The third-order valence-corrected chi connectivity index (χ3v) is 3.20. The number of alkyl halides is 3. The third-order valence-electron chi connectivity index (χ3n) is 1.70. The van der Waals surface area contributed by atoms with Crippen LogP contribution in [0.3, 0.4) is 0 Å². The molecule has 1 unspecified atom stereocenters. The van der Waals surface area contributed by atoms with Crippen LogP contribution >= 0.6 is 23.4 Å². The first-order valence-corrected chi connectivity index (χ1v) is 5.60. The summed E-state index contributed by atoms with van der Waals surface area (Å²) in [6.45, 7) is 1.63. The van der Waals surface area contributed by atoms with Gasteiger partial charge in [-0.1, -0.05) is 30.3 Å². The van der Waals surface area contributed by atoms with Gasteiger partial charge in [0, 0.05) is 11.4 Å². The second kappa shape index (κ2) is 5.25. The molecule has 0 aromatic carbocycles. The molecule has 0 fully saturated rings. The number of halogens is 4. The zero-order valence-corrected chi connectivity index (χ0v) is 9.83. The molecule has 0 aliphatic carbocycles. The van der Waals surface area contributed by atoms with Crippen LogP contribution in [0.5, 0.6) is 0 Å². The lowest BCUT2D eigenvalue weighted by atomic mass is 10.3. The van der Waals surface area contributed by atoms with Gasteiger partial charge in [-0.3, -0.25) is 0 Å². The molecule has 90 valence electrons. The van der Waals surface area contributed by atoms with E-state index in [1.807, 2.05) is 0 Å². The van der Waals surface area contributed by atoms with E-state index in [9.17, 15) is 13.2 Å². The summed E-state index contributed by atoms with van der Waals surface area (Å²) >= 11 is 6.80. The predicted octanol–water partition coefficient (Wildman–Crippen LogP) is 3.23. The molecule has 0 saturated heterocycles. The lowest BCUT2D eigenvalue weighted by molar-refractivity contribution is -0.137. The number of thioether (sulfide) groups is 1. The first kappa shape index (κ1) is 13.6. The first-order valence-electron chi connectivity index (χ1n) is 4.35. The number of nitrogens with zero attached hydrogens (tertiary/aromatic N) is 1. The van der Waals surface area contributed by atoms with Gasteiger partial charge in [-0.15, -0.1) is 0 Å². The Bertz CT molecular complexity index is 372. The van der Waals surface area contributed by atoms with Gasteiger partial charge in [-0.25, -0.2) is 4.98 Å². The van der Waals surface area contributed by atoms with Crippen LogP contribution < -0.4 is 0 Å². The summed E-state index contributed by atoms with van der Waals surface area (Å²) in [5.41, 5.74) is -0.876. The Morgan fingerprint density at radius 2 is 2.19 bits per heavy atom. The average Bonchev–Trinajstić information content (AvgIpc) is 2.19. The zero-order valence-electron chi connectivity index (χ0n) is 8.25. The number of pyridine rings is 1. The van der Waals surface area contributed by atoms with Gasteiger partial charge in [0.05, 0.1) is 17.2 Å². The molecule has 7 heteroatoms. The maximum atomic E-state index is 12.3. The zero-order chi connectivity index (χ0) is 12.3. The predicted molar refractivity (Wildman–Crippen MR) is 56.7 cm³/mol. The van der Waals surface area contributed by atoms with Crippen LogP contribution in [-0.4, -0.2) is 21.9 Å². The van der Waals surface area contributed by atoms with Crippen LogP contribution in [0.2, 0.25) is 5.02 Å². The Morgan fingerprint density at radius 3 is 2.62 bits per heavy atom. The van der Waals surface area contributed by atoms with Crippen molar-refractivity contribution in [3.63, 3.8) is 0 Å². The number of hydrogen-bond acceptors (Lipinski definition) is 3. The quantitative estimate of drug-likeness (QED) is 0.857. The van der Waals surface area contributed by atoms with Crippen LogP contribution in [-0.2, 0) is 6.18 Å². The summed E-state index contributed by atoms with van der Waals surface area (Å²) in [4.78, 5) is 3.63. The molecule has 1 rings (SSSR count). The molecule has 0 aliphatic rings. The van der Waals surface area contributed by atoms with Gasteiger partial charge in [-0.05, 0) is 6.07 Å². The Labute approximate surface area is 99.8 Å². The highest BCUT2D eigenvalue weighted by atomic mass is 35.5. The van der Waals surface area contributed by atoms with E-state index in [0.29, 0.717) is 0 Å². The molecule has 1 aromatic rings. The van der Waals surface area contributed by atoms with Gasteiger partial charge in [0.15, 0.2) is 0 Å². The minimum atomic E-state index is -4.44. The van der Waals surface area contributed by atoms with E-state index in [2.05, 4.69) is 4.98 Å². The minimum Gasteiger partial charge on any atom is -0.395 e. The van der Waals surface area contributed by atoms with Crippen molar-refractivity contribution in [2.75, 3.05) is 6.61 Å². The SMILES string of the molecule is CC(CO)Sc1ncc(C(F)(F)F)cc1Cl. The van der Waals surface area contributed by atoms with Crippen molar-refractivity contribution in [3.05, 3.63) is 22.8 Å². The van der Waals surface area contributed by atoms with Crippen LogP contribution in [0.15, 0.2) is 17.3 Å². The molecule has 0 aliphatic heterocycles. The van der Waals surface area contributed by atoms with E-state index in [-0.39, 0.29) is 21.9 Å². The Kier molecular flexibility index (Phi) is 4.46. The summed E-state index contributed by atoms with van der Waals surface area (Å²) in [6.07, 6.45) is -3.71. The van der Waals surface area contributed by atoms with E-state index in [1.54, 1.807) is 6.92 Å². The van der Waals surface area contributed by atoms with E-state index in [0.717, 1.165) is 24.0 Å². The Morgan fingerprint density at radius 1 is 1.56 bits per heavy atom. The van der Waals surface area contributed by atoms with Crippen molar-refractivity contribution >= 4 is 23.4 Å². The average molecular weight is 272 g/mol. The van der Waals surface area contributed by atoms with Crippen LogP contribution in [0.1, 0.15) is 12.5 Å². The smallest absolute Gasteiger partial charge is 0.395 e. The van der Waals surface area contributed by atoms with Crippen molar-refractivity contribution < 1.29 is 18.3 Å². The number of aliphatic hydroxyl groups is 1. The maximum Gasteiger partial charge on any atom is 0.417 e. The molecule has 1 aromatic heterocycles. The molecule has 1 atom stereocenters. The molecule has 16 heavy (non-hydrogen) atoms. The highest BCUT2D eigenvalue weighted by molar-refractivity contribution is 8.00. The number of hydrogen-bond donors (Lipinski definition) is 1. The van der Waals surface area contributed by atoms with Gasteiger partial charge in [0.25, 0.3) is 0 Å². The van der Waals surface area contributed by atoms with Crippen molar-refractivity contribution in [2.45, 2.75) is 23.4 Å². The number of rotatable bonds is 3. The summed E-state index contributed by atoms with van der Waals surface area (Å²) in [5, 5.41) is 8.87. The lowest BCUT2D eigenvalue weighted by Gasteiger charge is -2.10. The molecular formula is C9H9ClF3NOS. The van der Waals surface area contributed by atoms with Crippen LogP contribution in [0.4, 0.5) is 13.2 Å². The summed E-state index contributed by atoms with van der Waals surface area (Å²) < 4.78 is 36.8. The topological polar surface area (TPSA) is 33.1 Å². The Balaban J connectivity index is 2.92. The highest BCUT2D eigenvalue weighted by Crippen LogP contribution is 2.34. The van der Waals surface area contributed by atoms with E-state index in [1.165, 1.54) is 0 Å². The standard InChI is InChI=1S/C9H9ClF3NOS/c1-5(4-15)16-8-7(10)2-6(3-14-8)9(11,12)13/h2-3,5,15H,4H2,1H3. The van der Waals surface area contributed by atoms with E-state index >= 15 is 0 Å². The number of aliphatic hydroxyl groups excluding tert-OH is 1. The molecule has 2 nitrogen and oxygen atoms in total. The van der Waals surface area contributed by atoms with Crippen molar-refractivity contribution in [3.8, 4) is 0 Å². The largest absolute Gasteiger partial charge is 0.417 e. The summed E-state index contributed by atoms with van der Waals surface area (Å²) in [5.74, 6) is 0. The summed E-state index contributed by atoms with van der Waals surface area (Å²) in [7, 11) is 0. The van der Waals surface area contributed by atoms with Crippen molar-refractivity contribution in [2.24, 2.45) is 0 Å². The molecule has 1 heterocycles. The van der Waals surface area contributed by atoms with Crippen LogP contribution in [0, 0.1) is 0 Å². The monoisotopic (exact) mass is 271 g/mol. The lowest BCUT2D eigenvalue weighted by Crippen LogP contribution is -2.07. The Hall–Kier alpha value is -0.460. The maximum absolute atomic E-state index is 12.3. The van der Waals surface area contributed by atoms with Gasteiger partial charge in [0.2, 0.25) is 0 Å². The van der Waals surface area contributed by atoms with E-state index < -0.39 is 11.7 Å². The second-order valence-electron chi connectivity index (χ2n) is 3.12. The van der Waals surface area contributed by atoms with Gasteiger partial charge >= 0.3 is 6.18 Å². The normalized spacial score (nSPS) is 13.9. The third kappa shape index (κ3) is 3.54. The second-order valence-corrected chi connectivity index (χ2v) is 4.95. The van der Waals surface area contributed by atoms with Gasteiger partial charge < -0.3 is 5.11 Å². The molecule has 0 radical (unpaired) electrons. The first-order chi connectivity index (χ1) is 7.34. The summed E-state index contributed by atoms with van der Waals surface area (Å²) in [6, 6.07) is 0.834. The van der Waals surface area contributed by atoms with Gasteiger partial charge in [-0.2, -0.15) is 13.2 Å². The fourth-order valence-electron chi connectivity index (χ4n) is 0.895. The highest BCUT2D eigenvalue weighted by Gasteiger charge is 2.31.